The molecule has 22 heavy (non-hydrogen) atoms. The summed E-state index contributed by atoms with van der Waals surface area (Å²) in [4.78, 5) is 11.1. The molecule has 0 saturated heterocycles. The molecule has 3 aromatic rings. The summed E-state index contributed by atoms with van der Waals surface area (Å²) in [5, 5.41) is 9.95. The topological polar surface area (TPSA) is 42.2 Å². The van der Waals surface area contributed by atoms with Gasteiger partial charge in [-0.2, -0.15) is 0 Å². The van der Waals surface area contributed by atoms with Crippen molar-refractivity contribution in [1.29, 1.82) is 0 Å². The van der Waals surface area contributed by atoms with Crippen LogP contribution in [-0.4, -0.2) is 15.6 Å². The summed E-state index contributed by atoms with van der Waals surface area (Å²) in [6.07, 6.45) is -0.618. The van der Waals surface area contributed by atoms with Crippen LogP contribution in [0, 0.1) is 0 Å². The zero-order valence-corrected chi connectivity index (χ0v) is 11.8. The fourth-order valence-electron chi connectivity index (χ4n) is 2.56. The Balaban J connectivity index is 2.13. The molecule has 3 rings (SSSR count). The lowest BCUT2D eigenvalue weighted by Crippen LogP contribution is -1.96. The molecular weight excluding hydrogens is 288 g/mol. The van der Waals surface area contributed by atoms with Gasteiger partial charge in [0.2, 0.25) is 0 Å². The number of hydrogen-bond acceptors (Lipinski definition) is 1. The number of aryl methyl sites for hydroxylation is 1. The molecule has 0 bridgehead atoms. The van der Waals surface area contributed by atoms with E-state index in [0.717, 1.165) is 22.0 Å². The number of carboxylic acids is 1. The van der Waals surface area contributed by atoms with E-state index in [-0.39, 0.29) is 11.1 Å². The highest BCUT2D eigenvalue weighted by molar-refractivity contribution is 6.00. The van der Waals surface area contributed by atoms with Crippen LogP contribution in [0.3, 0.4) is 0 Å². The van der Waals surface area contributed by atoms with Crippen molar-refractivity contribution < 1.29 is 18.7 Å². The predicted molar refractivity (Wildman–Crippen MR) is 80.3 cm³/mol. The Bertz CT molecular complexity index is 851. The minimum Gasteiger partial charge on any atom is -0.478 e. The summed E-state index contributed by atoms with van der Waals surface area (Å²) in [5.41, 5.74) is 2.69. The molecule has 1 N–H and O–H groups in total. The van der Waals surface area contributed by atoms with Gasteiger partial charge in [-0.15, -0.1) is 0 Å². The maximum Gasteiger partial charge on any atom is 0.335 e. The number of aromatic carboxylic acids is 1. The third-order valence-corrected chi connectivity index (χ3v) is 3.71. The highest BCUT2D eigenvalue weighted by atomic mass is 19.3. The first-order valence-electron chi connectivity index (χ1n) is 6.68. The second kappa shape index (κ2) is 5.26. The number of benzene rings is 2. The van der Waals surface area contributed by atoms with Crippen LogP contribution >= 0.6 is 0 Å². The second-order valence-electron chi connectivity index (χ2n) is 5.11. The van der Waals surface area contributed by atoms with E-state index in [0.29, 0.717) is 0 Å². The first kappa shape index (κ1) is 14.3. The molecule has 112 valence electrons. The van der Waals surface area contributed by atoms with E-state index in [4.69, 9.17) is 5.11 Å². The number of fused-ring (bicyclic) bond motifs is 1. The van der Waals surface area contributed by atoms with Crippen molar-refractivity contribution in [2.45, 2.75) is 6.43 Å². The van der Waals surface area contributed by atoms with Gasteiger partial charge < -0.3 is 9.67 Å². The number of halogens is 2. The zero-order chi connectivity index (χ0) is 15.9. The molecule has 1 aromatic heterocycles. The molecule has 0 spiro atoms. The molecule has 2 aromatic carbocycles. The normalized spacial score (nSPS) is 11.3. The average Bonchev–Trinajstić information content (AvgIpc) is 2.84. The Kier molecular flexibility index (Phi) is 3.41. The Morgan fingerprint density at radius 3 is 2.41 bits per heavy atom. The fourth-order valence-corrected chi connectivity index (χ4v) is 2.56. The lowest BCUT2D eigenvalue weighted by Gasteiger charge is -2.03. The number of alkyl halides is 2. The molecule has 5 heteroatoms. The molecule has 0 fully saturated rings. The largest absolute Gasteiger partial charge is 0.478 e. The van der Waals surface area contributed by atoms with Gasteiger partial charge in [-0.1, -0.05) is 30.3 Å². The summed E-state index contributed by atoms with van der Waals surface area (Å²) >= 11 is 0. The summed E-state index contributed by atoms with van der Waals surface area (Å²) in [5.74, 6) is -0.981. The van der Waals surface area contributed by atoms with Crippen LogP contribution in [0.2, 0.25) is 0 Å². The van der Waals surface area contributed by atoms with Crippen LogP contribution in [0.4, 0.5) is 8.78 Å². The summed E-state index contributed by atoms with van der Waals surface area (Å²) < 4.78 is 27.1. The maximum atomic E-state index is 12.6. The molecule has 0 aliphatic heterocycles. The van der Waals surface area contributed by atoms with Gasteiger partial charge in [0, 0.05) is 35.3 Å². The molecule has 0 saturated carbocycles. The highest BCUT2D eigenvalue weighted by Crippen LogP contribution is 2.32. The van der Waals surface area contributed by atoms with Crippen molar-refractivity contribution in [2.75, 3.05) is 0 Å². The summed E-state index contributed by atoms with van der Waals surface area (Å²) in [6, 6.07) is 11.0. The van der Waals surface area contributed by atoms with Crippen molar-refractivity contribution in [1.82, 2.24) is 4.57 Å². The van der Waals surface area contributed by atoms with Crippen molar-refractivity contribution in [3.05, 3.63) is 59.8 Å². The van der Waals surface area contributed by atoms with E-state index in [1.165, 1.54) is 12.1 Å². The molecule has 0 atom stereocenters. The van der Waals surface area contributed by atoms with E-state index in [1.54, 1.807) is 30.3 Å². The van der Waals surface area contributed by atoms with Gasteiger partial charge in [-0.25, -0.2) is 13.6 Å². The summed E-state index contributed by atoms with van der Waals surface area (Å²) in [6.45, 7) is 0. The number of carboxylic acid groups (broad SMARTS) is 1. The van der Waals surface area contributed by atoms with Crippen LogP contribution in [0.5, 0.6) is 0 Å². The number of hydrogen-bond donors (Lipinski definition) is 1. The monoisotopic (exact) mass is 301 g/mol. The molecule has 0 unspecified atom stereocenters. The molecule has 0 aliphatic rings. The van der Waals surface area contributed by atoms with Crippen molar-refractivity contribution in [3.8, 4) is 11.1 Å². The van der Waals surface area contributed by atoms with Crippen LogP contribution in [0.15, 0.2) is 48.7 Å². The Hall–Kier alpha value is -2.69. The Labute approximate surface area is 125 Å². The van der Waals surface area contributed by atoms with Crippen LogP contribution in [0.1, 0.15) is 22.3 Å². The van der Waals surface area contributed by atoms with Crippen molar-refractivity contribution in [3.63, 3.8) is 0 Å². The van der Waals surface area contributed by atoms with Gasteiger partial charge in [0.15, 0.2) is 0 Å². The van der Waals surface area contributed by atoms with E-state index in [1.807, 2.05) is 17.8 Å². The smallest absolute Gasteiger partial charge is 0.335 e. The maximum absolute atomic E-state index is 12.6. The van der Waals surface area contributed by atoms with Crippen LogP contribution in [-0.2, 0) is 7.05 Å². The third kappa shape index (κ3) is 2.35. The van der Waals surface area contributed by atoms with Crippen LogP contribution < -0.4 is 0 Å². The Morgan fingerprint density at radius 2 is 1.82 bits per heavy atom. The van der Waals surface area contributed by atoms with E-state index < -0.39 is 12.4 Å². The quantitative estimate of drug-likeness (QED) is 0.775. The molecule has 0 aliphatic carbocycles. The lowest BCUT2D eigenvalue weighted by atomic mass is 10.0. The third-order valence-electron chi connectivity index (χ3n) is 3.71. The van der Waals surface area contributed by atoms with Gasteiger partial charge in [-0.05, 0) is 17.7 Å². The number of rotatable bonds is 3. The number of carbonyl (C=O) groups is 1. The highest BCUT2D eigenvalue weighted by Gasteiger charge is 2.12. The molecule has 3 nitrogen and oxygen atoms in total. The first-order valence-corrected chi connectivity index (χ1v) is 6.68. The average molecular weight is 301 g/mol. The first-order chi connectivity index (χ1) is 10.5. The number of aromatic nitrogens is 1. The van der Waals surface area contributed by atoms with Gasteiger partial charge in [0.25, 0.3) is 6.43 Å². The fraction of sp³-hybridized carbons (Fsp3) is 0.118. The molecule has 1 heterocycles. The second-order valence-corrected chi connectivity index (χ2v) is 5.11. The number of nitrogens with zero attached hydrogens (tertiary/aromatic N) is 1. The predicted octanol–water partition coefficient (Wildman–Crippen LogP) is 4.48. The van der Waals surface area contributed by atoms with Crippen molar-refractivity contribution >= 4 is 16.9 Å². The minimum atomic E-state index is -2.49. The molecular formula is C17H13F2NO2. The van der Waals surface area contributed by atoms with E-state index >= 15 is 0 Å². The van der Waals surface area contributed by atoms with Gasteiger partial charge in [0.05, 0.1) is 5.56 Å². The minimum absolute atomic E-state index is 0.0165. The van der Waals surface area contributed by atoms with Gasteiger partial charge >= 0.3 is 5.97 Å². The van der Waals surface area contributed by atoms with E-state index in [9.17, 15) is 13.6 Å². The van der Waals surface area contributed by atoms with Gasteiger partial charge in [0.1, 0.15) is 0 Å². The van der Waals surface area contributed by atoms with Crippen LogP contribution in [0.25, 0.3) is 22.0 Å². The van der Waals surface area contributed by atoms with Crippen molar-refractivity contribution in [2.24, 2.45) is 7.05 Å². The Morgan fingerprint density at radius 1 is 1.14 bits per heavy atom. The summed E-state index contributed by atoms with van der Waals surface area (Å²) in [7, 11) is 1.82. The zero-order valence-electron chi connectivity index (χ0n) is 11.8. The SMILES string of the molecule is Cn1cc(-c2ccc(C(F)F)cc2)c2ccc(C(=O)O)cc21. The molecule has 0 radical (unpaired) electrons. The van der Waals surface area contributed by atoms with E-state index in [2.05, 4.69) is 0 Å². The molecule has 0 amide bonds. The lowest BCUT2D eigenvalue weighted by molar-refractivity contribution is 0.0697. The van der Waals surface area contributed by atoms with Gasteiger partial charge in [-0.3, -0.25) is 0 Å². The standard InChI is InChI=1S/C17H13F2NO2/c1-20-9-14(10-2-4-11(5-3-10)16(18)19)13-7-6-12(17(21)22)8-15(13)20/h2-9,16H,1H3,(H,21,22).